The molecule has 0 fully saturated rings. The van der Waals surface area contributed by atoms with Crippen LogP contribution in [-0.4, -0.2) is 16.4 Å². The molecule has 1 aromatic heterocycles. The van der Waals surface area contributed by atoms with Crippen molar-refractivity contribution in [3.05, 3.63) is 51.8 Å². The zero-order chi connectivity index (χ0) is 12.1. The monoisotopic (exact) mass is 293 g/mol. The van der Waals surface area contributed by atoms with Crippen molar-refractivity contribution in [2.75, 3.05) is 0 Å². The number of oxime groups is 1. The average molecular weight is 294 g/mol. The quantitative estimate of drug-likeness (QED) is 0.696. The number of aryl methyl sites for hydroxylation is 1. The number of hydrogen-bond donors (Lipinski definition) is 1. The van der Waals surface area contributed by atoms with Gasteiger partial charge in [-0.15, -0.1) is 0 Å². The first-order valence-corrected chi connectivity index (χ1v) is 5.95. The second kappa shape index (κ2) is 5.63. The maximum atomic E-state index is 5.20. The van der Waals surface area contributed by atoms with E-state index in [0.717, 1.165) is 15.7 Å². The average Bonchev–Trinajstić information content (AvgIpc) is 2.71. The van der Waals surface area contributed by atoms with Crippen LogP contribution >= 0.6 is 15.9 Å². The first-order chi connectivity index (χ1) is 8.25. The molecule has 0 spiro atoms. The van der Waals surface area contributed by atoms with Crippen molar-refractivity contribution in [1.82, 2.24) is 10.2 Å². The molecule has 0 aliphatic heterocycles. The molecule has 4 nitrogen and oxygen atoms in total. The lowest BCUT2D eigenvalue weighted by Crippen LogP contribution is -1.89. The largest absolute Gasteiger partial charge is 0.391 e. The topological polar surface area (TPSA) is 50.3 Å². The number of H-pyrrole nitrogens is 1. The summed E-state index contributed by atoms with van der Waals surface area (Å²) < 4.78 is 0.861. The Morgan fingerprint density at radius 1 is 1.53 bits per heavy atom. The van der Waals surface area contributed by atoms with E-state index in [0.29, 0.717) is 6.61 Å². The molecular weight excluding hydrogens is 282 g/mol. The lowest BCUT2D eigenvalue weighted by molar-refractivity contribution is 0.132. The van der Waals surface area contributed by atoms with Gasteiger partial charge in [-0.2, -0.15) is 5.10 Å². The minimum Gasteiger partial charge on any atom is -0.391 e. The van der Waals surface area contributed by atoms with Crippen molar-refractivity contribution in [2.24, 2.45) is 5.16 Å². The van der Waals surface area contributed by atoms with Crippen molar-refractivity contribution < 1.29 is 4.84 Å². The van der Waals surface area contributed by atoms with Crippen molar-refractivity contribution in [1.29, 1.82) is 0 Å². The maximum absolute atomic E-state index is 5.20. The molecule has 0 aliphatic carbocycles. The van der Waals surface area contributed by atoms with E-state index in [2.05, 4.69) is 50.3 Å². The molecule has 17 heavy (non-hydrogen) atoms. The summed E-state index contributed by atoms with van der Waals surface area (Å²) in [5.41, 5.74) is 3.10. The van der Waals surface area contributed by atoms with Crippen LogP contribution in [0.25, 0.3) is 0 Å². The molecule has 88 valence electrons. The zero-order valence-electron chi connectivity index (χ0n) is 9.35. The SMILES string of the molecule is Cc1cccc(CON=Cc2[nH]ncc2Br)c1. The summed E-state index contributed by atoms with van der Waals surface area (Å²) >= 11 is 3.33. The second-order valence-electron chi connectivity index (χ2n) is 3.63. The Morgan fingerprint density at radius 3 is 3.12 bits per heavy atom. The molecule has 0 unspecified atom stereocenters. The Balaban J connectivity index is 1.88. The van der Waals surface area contributed by atoms with E-state index in [4.69, 9.17) is 4.84 Å². The summed E-state index contributed by atoms with van der Waals surface area (Å²) in [7, 11) is 0. The molecule has 0 saturated heterocycles. The first kappa shape index (κ1) is 11.9. The Bertz CT molecular complexity index is 522. The fourth-order valence-electron chi connectivity index (χ4n) is 1.38. The van der Waals surface area contributed by atoms with Gasteiger partial charge in [0, 0.05) is 0 Å². The Labute approximate surface area is 108 Å². The van der Waals surface area contributed by atoms with Gasteiger partial charge in [-0.05, 0) is 28.4 Å². The van der Waals surface area contributed by atoms with Gasteiger partial charge in [-0.3, -0.25) is 5.10 Å². The number of hydrogen-bond acceptors (Lipinski definition) is 3. The smallest absolute Gasteiger partial charge is 0.142 e. The van der Waals surface area contributed by atoms with Gasteiger partial charge in [0.1, 0.15) is 6.61 Å². The van der Waals surface area contributed by atoms with Crippen molar-refractivity contribution in [3.63, 3.8) is 0 Å². The van der Waals surface area contributed by atoms with Crippen molar-refractivity contribution in [3.8, 4) is 0 Å². The summed E-state index contributed by atoms with van der Waals surface area (Å²) in [6, 6.07) is 8.13. The highest BCUT2D eigenvalue weighted by atomic mass is 79.9. The molecule has 1 heterocycles. The summed E-state index contributed by atoms with van der Waals surface area (Å²) in [6.45, 7) is 2.51. The highest BCUT2D eigenvalue weighted by molar-refractivity contribution is 9.10. The second-order valence-corrected chi connectivity index (χ2v) is 4.48. The highest BCUT2D eigenvalue weighted by Gasteiger charge is 1.97. The molecule has 1 aromatic carbocycles. The van der Waals surface area contributed by atoms with E-state index >= 15 is 0 Å². The molecule has 0 radical (unpaired) electrons. The summed E-state index contributed by atoms with van der Waals surface area (Å²) in [4.78, 5) is 5.20. The van der Waals surface area contributed by atoms with Crippen LogP contribution in [0.4, 0.5) is 0 Å². The molecule has 1 N–H and O–H groups in total. The van der Waals surface area contributed by atoms with E-state index in [1.54, 1.807) is 12.4 Å². The number of aromatic nitrogens is 2. The summed E-state index contributed by atoms with van der Waals surface area (Å²) in [6.07, 6.45) is 3.26. The molecule has 2 aromatic rings. The number of halogens is 1. The van der Waals surface area contributed by atoms with E-state index in [-0.39, 0.29) is 0 Å². The highest BCUT2D eigenvalue weighted by Crippen LogP contribution is 2.10. The van der Waals surface area contributed by atoms with Crippen molar-refractivity contribution in [2.45, 2.75) is 13.5 Å². The number of rotatable bonds is 4. The van der Waals surface area contributed by atoms with Crippen LogP contribution < -0.4 is 0 Å². The van der Waals surface area contributed by atoms with E-state index in [1.807, 2.05) is 12.1 Å². The number of benzene rings is 1. The van der Waals surface area contributed by atoms with E-state index in [1.165, 1.54) is 5.56 Å². The van der Waals surface area contributed by atoms with Gasteiger partial charge in [0.05, 0.1) is 22.6 Å². The van der Waals surface area contributed by atoms with Gasteiger partial charge in [-0.1, -0.05) is 35.0 Å². The fraction of sp³-hybridized carbons (Fsp3) is 0.167. The van der Waals surface area contributed by atoms with Crippen LogP contribution in [-0.2, 0) is 11.4 Å². The number of nitrogens with one attached hydrogen (secondary N) is 1. The van der Waals surface area contributed by atoms with E-state index in [9.17, 15) is 0 Å². The molecule has 5 heteroatoms. The predicted molar refractivity (Wildman–Crippen MR) is 69.8 cm³/mol. The van der Waals surface area contributed by atoms with Crippen LogP contribution in [0.2, 0.25) is 0 Å². The van der Waals surface area contributed by atoms with Gasteiger partial charge in [0.25, 0.3) is 0 Å². The first-order valence-electron chi connectivity index (χ1n) is 5.15. The molecular formula is C12H12BrN3O. The van der Waals surface area contributed by atoms with Gasteiger partial charge in [-0.25, -0.2) is 0 Å². The molecule has 0 aliphatic rings. The lowest BCUT2D eigenvalue weighted by atomic mass is 10.1. The van der Waals surface area contributed by atoms with Gasteiger partial charge >= 0.3 is 0 Å². The Hall–Kier alpha value is -1.62. The molecule has 0 amide bonds. The van der Waals surface area contributed by atoms with Crippen LogP contribution in [0.1, 0.15) is 16.8 Å². The third-order valence-electron chi connectivity index (χ3n) is 2.19. The fourth-order valence-corrected chi connectivity index (χ4v) is 1.67. The summed E-state index contributed by atoms with van der Waals surface area (Å²) in [5, 5.41) is 10.5. The maximum Gasteiger partial charge on any atom is 0.142 e. The van der Waals surface area contributed by atoms with Gasteiger partial charge in [0.15, 0.2) is 0 Å². The molecule has 2 rings (SSSR count). The van der Waals surface area contributed by atoms with Crippen LogP contribution in [0.5, 0.6) is 0 Å². The summed E-state index contributed by atoms with van der Waals surface area (Å²) in [5.74, 6) is 0. The molecule has 0 bridgehead atoms. The number of nitrogens with zero attached hydrogens (tertiary/aromatic N) is 2. The van der Waals surface area contributed by atoms with Crippen LogP contribution in [0.3, 0.4) is 0 Å². The van der Waals surface area contributed by atoms with E-state index < -0.39 is 0 Å². The lowest BCUT2D eigenvalue weighted by Gasteiger charge is -2.00. The molecule has 0 atom stereocenters. The normalized spacial score (nSPS) is 10.9. The standard InChI is InChI=1S/C12H12BrN3O/c1-9-3-2-4-10(5-9)8-17-15-7-12-11(13)6-14-16-12/h2-7H,8H2,1H3,(H,14,16). The van der Waals surface area contributed by atoms with Crippen molar-refractivity contribution >= 4 is 22.1 Å². The zero-order valence-corrected chi connectivity index (χ0v) is 10.9. The Morgan fingerprint density at radius 2 is 2.41 bits per heavy atom. The minimum atomic E-state index is 0.462. The molecule has 0 saturated carbocycles. The Kier molecular flexibility index (Phi) is 3.93. The third kappa shape index (κ3) is 3.42. The minimum absolute atomic E-state index is 0.462. The van der Waals surface area contributed by atoms with Gasteiger partial charge in [0.2, 0.25) is 0 Å². The van der Waals surface area contributed by atoms with Crippen LogP contribution in [0.15, 0.2) is 40.1 Å². The van der Waals surface area contributed by atoms with Crippen LogP contribution in [0, 0.1) is 6.92 Å². The number of aromatic amines is 1. The predicted octanol–water partition coefficient (Wildman–Crippen LogP) is 3.03. The van der Waals surface area contributed by atoms with Gasteiger partial charge < -0.3 is 4.84 Å². The third-order valence-corrected chi connectivity index (χ3v) is 2.82.